The number of hydrogen-bond donors (Lipinski definition) is 2. The Kier molecular flexibility index (Phi) is 6.87. The molecule has 0 atom stereocenters. The van der Waals surface area contributed by atoms with Gasteiger partial charge in [-0.15, -0.1) is 0 Å². The number of rotatable bonds is 9. The second-order valence-corrected chi connectivity index (χ2v) is 9.16. The lowest BCUT2D eigenvalue weighted by atomic mass is 10.0. The predicted octanol–water partition coefficient (Wildman–Crippen LogP) is 6.66. The average molecular weight is 469 g/mol. The van der Waals surface area contributed by atoms with Gasteiger partial charge in [0.1, 0.15) is 6.29 Å². The fourth-order valence-corrected chi connectivity index (χ4v) is 4.24. The first-order valence-corrected chi connectivity index (χ1v) is 11.5. The van der Waals surface area contributed by atoms with Crippen LogP contribution in [0.3, 0.4) is 0 Å². The first-order chi connectivity index (χ1) is 15.5. The number of halogens is 2. The fourth-order valence-electron chi connectivity index (χ4n) is 3.95. The molecule has 2 aromatic heterocycles. The molecule has 0 aliphatic carbocycles. The van der Waals surface area contributed by atoms with Crippen molar-refractivity contribution in [1.82, 2.24) is 15.0 Å². The van der Waals surface area contributed by atoms with Crippen molar-refractivity contribution in [2.45, 2.75) is 33.2 Å². The van der Waals surface area contributed by atoms with E-state index in [9.17, 15) is 4.79 Å². The average Bonchev–Trinajstić information content (AvgIpc) is 3.40. The van der Waals surface area contributed by atoms with Crippen molar-refractivity contribution < 1.29 is 4.79 Å². The molecule has 5 nitrogen and oxygen atoms in total. The number of imidazole rings is 1. The topological polar surface area (TPSA) is 64.8 Å². The summed E-state index contributed by atoms with van der Waals surface area (Å²) in [4.78, 5) is 25.1. The molecule has 0 fully saturated rings. The summed E-state index contributed by atoms with van der Waals surface area (Å²) in [5.41, 5.74) is 5.09. The van der Waals surface area contributed by atoms with Crippen LogP contribution in [0.5, 0.6) is 0 Å². The van der Waals surface area contributed by atoms with Crippen LogP contribution in [0.1, 0.15) is 31.5 Å². The fraction of sp³-hybridized carbons (Fsp3) is 0.280. The zero-order valence-electron chi connectivity index (χ0n) is 18.2. The molecule has 0 amide bonds. The third-order valence-corrected chi connectivity index (χ3v) is 6.17. The van der Waals surface area contributed by atoms with Crippen LogP contribution in [0.4, 0.5) is 5.95 Å². The molecule has 0 aliphatic heterocycles. The lowest BCUT2D eigenvalue weighted by Crippen LogP contribution is -2.25. The minimum atomic E-state index is 0.422. The van der Waals surface area contributed by atoms with Gasteiger partial charge in [-0.05, 0) is 42.2 Å². The van der Waals surface area contributed by atoms with Gasteiger partial charge in [0, 0.05) is 47.9 Å². The molecular weight excluding hydrogens is 443 g/mol. The molecule has 4 aromatic rings. The summed E-state index contributed by atoms with van der Waals surface area (Å²) in [7, 11) is 0. The van der Waals surface area contributed by atoms with Gasteiger partial charge in [0.2, 0.25) is 5.95 Å². The number of carbonyl (C=O) groups is 1. The second-order valence-electron chi connectivity index (χ2n) is 8.35. The molecule has 0 unspecified atom stereocenters. The maximum Gasteiger partial charge on any atom is 0.203 e. The number of H-pyrrole nitrogens is 2. The van der Waals surface area contributed by atoms with Crippen LogP contribution in [0, 0.1) is 5.92 Å². The van der Waals surface area contributed by atoms with Gasteiger partial charge in [-0.1, -0.05) is 55.2 Å². The number of nitrogens with zero attached hydrogens (tertiary/aromatic N) is 2. The molecule has 2 heterocycles. The van der Waals surface area contributed by atoms with E-state index in [1.165, 1.54) is 10.9 Å². The first kappa shape index (κ1) is 22.4. The second kappa shape index (κ2) is 9.80. The Morgan fingerprint density at radius 3 is 2.72 bits per heavy atom. The van der Waals surface area contributed by atoms with Gasteiger partial charge in [0.05, 0.1) is 15.7 Å². The van der Waals surface area contributed by atoms with Gasteiger partial charge in [-0.2, -0.15) is 0 Å². The number of anilines is 1. The van der Waals surface area contributed by atoms with Gasteiger partial charge >= 0.3 is 0 Å². The highest BCUT2D eigenvalue weighted by Gasteiger charge is 2.19. The number of aromatic nitrogens is 3. The lowest BCUT2D eigenvalue weighted by Gasteiger charge is -2.21. The van der Waals surface area contributed by atoms with Crippen molar-refractivity contribution in [2.24, 2.45) is 5.92 Å². The molecule has 7 heteroatoms. The molecule has 0 bridgehead atoms. The molecule has 0 spiro atoms. The molecule has 32 heavy (non-hydrogen) atoms. The van der Waals surface area contributed by atoms with Gasteiger partial charge in [0.15, 0.2) is 0 Å². The van der Waals surface area contributed by atoms with E-state index in [0.29, 0.717) is 35.5 Å². The molecule has 4 rings (SSSR count). The number of aromatic amines is 2. The van der Waals surface area contributed by atoms with Crippen LogP contribution < -0.4 is 4.90 Å². The largest absolute Gasteiger partial charge is 0.361 e. The number of aldehydes is 1. The highest BCUT2D eigenvalue weighted by Crippen LogP contribution is 2.32. The minimum Gasteiger partial charge on any atom is -0.361 e. The molecule has 0 radical (unpaired) electrons. The van der Waals surface area contributed by atoms with Crippen LogP contribution in [0.25, 0.3) is 22.2 Å². The molecule has 166 valence electrons. The Bertz CT molecular complexity index is 1230. The van der Waals surface area contributed by atoms with Crippen LogP contribution >= 0.6 is 23.2 Å². The van der Waals surface area contributed by atoms with E-state index in [1.54, 1.807) is 6.07 Å². The van der Waals surface area contributed by atoms with Gasteiger partial charge in [0.25, 0.3) is 0 Å². The van der Waals surface area contributed by atoms with E-state index in [1.807, 2.05) is 24.4 Å². The van der Waals surface area contributed by atoms with Crippen LogP contribution in [-0.4, -0.2) is 27.8 Å². The van der Waals surface area contributed by atoms with E-state index < -0.39 is 0 Å². The summed E-state index contributed by atoms with van der Waals surface area (Å²) in [6.07, 6.45) is 4.16. The molecule has 0 saturated heterocycles. The number of nitrogens with one attached hydrogen (secondary N) is 2. The van der Waals surface area contributed by atoms with Crippen LogP contribution in [-0.2, 0) is 17.8 Å². The number of benzene rings is 2. The van der Waals surface area contributed by atoms with E-state index in [4.69, 9.17) is 28.2 Å². The summed E-state index contributed by atoms with van der Waals surface area (Å²) in [6.45, 7) is 5.56. The third-order valence-electron chi connectivity index (χ3n) is 5.43. The Labute approximate surface area is 197 Å². The predicted molar refractivity (Wildman–Crippen MR) is 133 cm³/mol. The minimum absolute atomic E-state index is 0.422. The maximum atomic E-state index is 11.2. The summed E-state index contributed by atoms with van der Waals surface area (Å²) in [6, 6.07) is 13.9. The van der Waals surface area contributed by atoms with Gasteiger partial charge in [-0.25, -0.2) is 4.98 Å². The van der Waals surface area contributed by atoms with E-state index in [-0.39, 0.29) is 0 Å². The monoisotopic (exact) mass is 468 g/mol. The van der Waals surface area contributed by atoms with Gasteiger partial charge in [-0.3, -0.25) is 0 Å². The van der Waals surface area contributed by atoms with Crippen molar-refractivity contribution in [2.75, 3.05) is 11.4 Å². The highest BCUT2D eigenvalue weighted by molar-refractivity contribution is 6.42. The summed E-state index contributed by atoms with van der Waals surface area (Å²) in [5, 5.41) is 2.19. The quantitative estimate of drug-likeness (QED) is 0.270. The molecule has 0 saturated carbocycles. The number of hydrogen-bond acceptors (Lipinski definition) is 3. The Morgan fingerprint density at radius 2 is 1.97 bits per heavy atom. The molecule has 2 aromatic carbocycles. The lowest BCUT2D eigenvalue weighted by molar-refractivity contribution is -0.107. The standard InChI is InChI=1S/C25H26Cl2N4O/c1-16(2)13-23-24(17-7-8-20(26)21(27)14-17)30-25(29-23)31(11-4-12-32)15-18-5-3-6-22-19(18)9-10-28-22/h3,5-10,12,14,16,28H,4,11,13,15H2,1-2H3,(H,29,30). The number of fused-ring (bicyclic) bond motifs is 1. The van der Waals surface area contributed by atoms with E-state index >= 15 is 0 Å². The Hall–Kier alpha value is -2.76. The van der Waals surface area contributed by atoms with E-state index in [0.717, 1.165) is 41.1 Å². The van der Waals surface area contributed by atoms with Crippen LogP contribution in [0.2, 0.25) is 10.0 Å². The summed E-state index contributed by atoms with van der Waals surface area (Å²) < 4.78 is 0. The van der Waals surface area contributed by atoms with Crippen molar-refractivity contribution in [3.05, 3.63) is 70.0 Å². The third kappa shape index (κ3) is 4.84. The maximum absolute atomic E-state index is 11.2. The smallest absolute Gasteiger partial charge is 0.203 e. The molecular formula is C25H26Cl2N4O. The Balaban J connectivity index is 1.74. The van der Waals surface area contributed by atoms with Crippen molar-refractivity contribution in [3.8, 4) is 11.3 Å². The zero-order chi connectivity index (χ0) is 22.7. The number of carbonyl (C=O) groups excluding carboxylic acids is 1. The SMILES string of the molecule is CC(C)Cc1[nH]c(N(CCC=O)Cc2cccc3[nH]ccc23)nc1-c1ccc(Cl)c(Cl)c1. The van der Waals surface area contributed by atoms with Gasteiger partial charge < -0.3 is 19.7 Å². The Morgan fingerprint density at radius 1 is 1.12 bits per heavy atom. The first-order valence-electron chi connectivity index (χ1n) is 10.7. The zero-order valence-corrected chi connectivity index (χ0v) is 19.7. The van der Waals surface area contributed by atoms with E-state index in [2.05, 4.69) is 46.9 Å². The normalized spacial score (nSPS) is 11.4. The van der Waals surface area contributed by atoms with Crippen LogP contribution in [0.15, 0.2) is 48.7 Å². The summed E-state index contributed by atoms with van der Waals surface area (Å²) >= 11 is 12.4. The van der Waals surface area contributed by atoms with Crippen molar-refractivity contribution >= 4 is 46.3 Å². The molecule has 2 N–H and O–H groups in total. The summed E-state index contributed by atoms with van der Waals surface area (Å²) in [5.74, 6) is 1.19. The van der Waals surface area contributed by atoms with Crippen molar-refractivity contribution in [3.63, 3.8) is 0 Å². The van der Waals surface area contributed by atoms with Crippen molar-refractivity contribution in [1.29, 1.82) is 0 Å². The molecule has 0 aliphatic rings. The highest BCUT2D eigenvalue weighted by atomic mass is 35.5.